The molecule has 1 aromatic rings. The topological polar surface area (TPSA) is 39.7 Å². The van der Waals surface area contributed by atoms with E-state index in [1.807, 2.05) is 12.3 Å². The van der Waals surface area contributed by atoms with Crippen molar-refractivity contribution in [3.63, 3.8) is 0 Å². The number of nitrogens with zero attached hydrogens (tertiary/aromatic N) is 4. The van der Waals surface area contributed by atoms with Crippen LogP contribution in [-0.2, 0) is 4.79 Å². The monoisotopic (exact) mass is 370 g/mol. The normalized spacial score (nSPS) is 25.1. The van der Waals surface area contributed by atoms with Gasteiger partial charge in [-0.2, -0.15) is 0 Å². The molecule has 5 nitrogen and oxygen atoms in total. The molecule has 1 aromatic heterocycles. The summed E-state index contributed by atoms with van der Waals surface area (Å²) in [6.07, 6.45) is 10.3. The highest BCUT2D eigenvalue weighted by molar-refractivity contribution is 5.76. The smallest absolute Gasteiger partial charge is 0.222 e. The maximum absolute atomic E-state index is 12.7. The summed E-state index contributed by atoms with van der Waals surface area (Å²) >= 11 is 0. The zero-order chi connectivity index (χ0) is 18.5. The van der Waals surface area contributed by atoms with E-state index in [0.717, 1.165) is 58.1 Å². The number of anilines is 1. The average Bonchev–Trinajstić information content (AvgIpc) is 3.22. The van der Waals surface area contributed by atoms with Crippen LogP contribution >= 0.6 is 0 Å². The molecule has 0 aromatic carbocycles. The Labute approximate surface area is 163 Å². The van der Waals surface area contributed by atoms with Crippen molar-refractivity contribution < 1.29 is 4.79 Å². The van der Waals surface area contributed by atoms with Crippen molar-refractivity contribution in [2.24, 2.45) is 11.8 Å². The molecule has 0 bridgehead atoms. The van der Waals surface area contributed by atoms with Gasteiger partial charge in [0.1, 0.15) is 5.82 Å². The van der Waals surface area contributed by atoms with Crippen molar-refractivity contribution in [3.8, 4) is 0 Å². The molecule has 2 aliphatic heterocycles. The molecule has 3 aliphatic rings. The lowest BCUT2D eigenvalue weighted by Crippen LogP contribution is -2.50. The molecular formula is C22H34N4O. The largest absolute Gasteiger partial charge is 0.354 e. The summed E-state index contributed by atoms with van der Waals surface area (Å²) in [6.45, 7) is 7.40. The zero-order valence-electron chi connectivity index (χ0n) is 16.6. The quantitative estimate of drug-likeness (QED) is 0.799. The molecule has 27 heavy (non-hydrogen) atoms. The molecule has 0 radical (unpaired) electrons. The van der Waals surface area contributed by atoms with Crippen LogP contribution in [-0.4, -0.2) is 66.5 Å². The maximum Gasteiger partial charge on any atom is 0.222 e. The van der Waals surface area contributed by atoms with E-state index in [-0.39, 0.29) is 0 Å². The Morgan fingerprint density at radius 2 is 1.74 bits per heavy atom. The molecule has 1 saturated carbocycles. The van der Waals surface area contributed by atoms with Crippen molar-refractivity contribution >= 4 is 11.7 Å². The second kappa shape index (κ2) is 9.05. The van der Waals surface area contributed by atoms with Crippen LogP contribution < -0.4 is 4.90 Å². The molecule has 1 atom stereocenters. The molecule has 148 valence electrons. The van der Waals surface area contributed by atoms with E-state index in [4.69, 9.17) is 0 Å². The van der Waals surface area contributed by atoms with Crippen molar-refractivity contribution in [1.29, 1.82) is 0 Å². The van der Waals surface area contributed by atoms with Gasteiger partial charge in [0.2, 0.25) is 5.91 Å². The summed E-state index contributed by atoms with van der Waals surface area (Å²) in [5.41, 5.74) is 0. The standard InChI is InChI=1S/C22H34N4O/c27-22(16-19-6-1-2-7-19)26-11-5-8-20(18-26)17-24-12-14-25(15-13-24)21-9-3-4-10-23-21/h3-4,9-10,19-20H,1-2,5-8,11-18H2/t20-/m1/s1. The van der Waals surface area contributed by atoms with Gasteiger partial charge in [0.25, 0.3) is 0 Å². The van der Waals surface area contributed by atoms with E-state index in [2.05, 4.69) is 31.8 Å². The number of pyridine rings is 1. The van der Waals surface area contributed by atoms with Gasteiger partial charge in [0.05, 0.1) is 0 Å². The van der Waals surface area contributed by atoms with Crippen LogP contribution in [0.3, 0.4) is 0 Å². The number of carbonyl (C=O) groups is 1. The lowest BCUT2D eigenvalue weighted by atomic mass is 9.95. The molecular weight excluding hydrogens is 336 g/mol. The summed E-state index contributed by atoms with van der Waals surface area (Å²) in [7, 11) is 0. The minimum atomic E-state index is 0.423. The number of hydrogen-bond acceptors (Lipinski definition) is 4. The van der Waals surface area contributed by atoms with Gasteiger partial charge in [-0.25, -0.2) is 4.98 Å². The van der Waals surface area contributed by atoms with Gasteiger partial charge in [-0.3, -0.25) is 9.69 Å². The van der Waals surface area contributed by atoms with Crippen molar-refractivity contribution in [3.05, 3.63) is 24.4 Å². The summed E-state index contributed by atoms with van der Waals surface area (Å²) in [6, 6.07) is 6.14. The van der Waals surface area contributed by atoms with Gasteiger partial charge in [0, 0.05) is 58.4 Å². The van der Waals surface area contributed by atoms with Crippen molar-refractivity contribution in [2.45, 2.75) is 44.9 Å². The first kappa shape index (κ1) is 18.7. The number of aromatic nitrogens is 1. The Balaban J connectivity index is 1.22. The fraction of sp³-hybridized carbons (Fsp3) is 0.727. The van der Waals surface area contributed by atoms with Gasteiger partial charge in [0.15, 0.2) is 0 Å². The molecule has 0 spiro atoms. The lowest BCUT2D eigenvalue weighted by molar-refractivity contribution is -0.134. The number of piperazine rings is 1. The predicted molar refractivity (Wildman–Crippen MR) is 109 cm³/mol. The van der Waals surface area contributed by atoms with E-state index in [0.29, 0.717) is 17.7 Å². The predicted octanol–water partition coefficient (Wildman–Crippen LogP) is 3.02. The first-order chi connectivity index (χ1) is 13.3. The molecule has 0 N–H and O–H groups in total. The first-order valence-electron chi connectivity index (χ1n) is 10.9. The molecule has 1 amide bonds. The van der Waals surface area contributed by atoms with E-state index in [1.54, 1.807) is 0 Å². The number of rotatable bonds is 5. The third kappa shape index (κ3) is 5.01. The van der Waals surface area contributed by atoms with Crippen LogP contribution in [0.15, 0.2) is 24.4 Å². The highest BCUT2D eigenvalue weighted by atomic mass is 16.2. The summed E-state index contributed by atoms with van der Waals surface area (Å²) in [5, 5.41) is 0. The number of likely N-dealkylation sites (tertiary alicyclic amines) is 1. The number of amides is 1. The summed E-state index contributed by atoms with van der Waals surface area (Å²) in [5.74, 6) is 2.83. The number of hydrogen-bond donors (Lipinski definition) is 0. The molecule has 0 unspecified atom stereocenters. The fourth-order valence-corrected chi connectivity index (χ4v) is 5.10. The Morgan fingerprint density at radius 3 is 2.48 bits per heavy atom. The van der Waals surface area contributed by atoms with Crippen LogP contribution in [0, 0.1) is 11.8 Å². The second-order valence-electron chi connectivity index (χ2n) is 8.68. The van der Waals surface area contributed by atoms with Gasteiger partial charge in [-0.15, -0.1) is 0 Å². The molecule has 3 heterocycles. The Morgan fingerprint density at radius 1 is 0.963 bits per heavy atom. The maximum atomic E-state index is 12.7. The Bertz CT molecular complexity index is 594. The zero-order valence-corrected chi connectivity index (χ0v) is 16.6. The van der Waals surface area contributed by atoms with E-state index in [9.17, 15) is 4.79 Å². The van der Waals surface area contributed by atoms with Crippen molar-refractivity contribution in [2.75, 3.05) is 50.7 Å². The van der Waals surface area contributed by atoms with Gasteiger partial charge in [-0.1, -0.05) is 18.9 Å². The first-order valence-corrected chi connectivity index (χ1v) is 10.9. The van der Waals surface area contributed by atoms with Crippen molar-refractivity contribution in [1.82, 2.24) is 14.8 Å². The Kier molecular flexibility index (Phi) is 6.28. The van der Waals surface area contributed by atoms with Gasteiger partial charge >= 0.3 is 0 Å². The van der Waals surface area contributed by atoms with Crippen LogP contribution in [0.4, 0.5) is 5.82 Å². The van der Waals surface area contributed by atoms with Crippen LogP contribution in [0.25, 0.3) is 0 Å². The lowest BCUT2D eigenvalue weighted by Gasteiger charge is -2.39. The number of carbonyl (C=O) groups excluding carboxylic acids is 1. The molecule has 1 aliphatic carbocycles. The molecule has 4 rings (SSSR count). The second-order valence-corrected chi connectivity index (χ2v) is 8.68. The van der Waals surface area contributed by atoms with Gasteiger partial charge in [-0.05, 0) is 49.7 Å². The minimum Gasteiger partial charge on any atom is -0.354 e. The van der Waals surface area contributed by atoms with E-state index >= 15 is 0 Å². The fourth-order valence-electron chi connectivity index (χ4n) is 5.10. The van der Waals surface area contributed by atoms with E-state index < -0.39 is 0 Å². The minimum absolute atomic E-state index is 0.423. The SMILES string of the molecule is O=C(CC1CCCC1)N1CCC[C@H](CN2CCN(c3ccccn3)CC2)C1. The molecule has 2 saturated heterocycles. The van der Waals surface area contributed by atoms with Crippen LogP contribution in [0.2, 0.25) is 0 Å². The molecule has 5 heteroatoms. The average molecular weight is 371 g/mol. The van der Waals surface area contributed by atoms with Gasteiger partial charge < -0.3 is 9.80 Å². The van der Waals surface area contributed by atoms with Crippen LogP contribution in [0.5, 0.6) is 0 Å². The highest BCUT2D eigenvalue weighted by Gasteiger charge is 2.28. The molecule has 3 fully saturated rings. The third-order valence-corrected chi connectivity index (χ3v) is 6.67. The third-order valence-electron chi connectivity index (χ3n) is 6.67. The highest BCUT2D eigenvalue weighted by Crippen LogP contribution is 2.29. The summed E-state index contributed by atoms with van der Waals surface area (Å²) < 4.78 is 0. The Hall–Kier alpha value is -1.62. The van der Waals surface area contributed by atoms with E-state index in [1.165, 1.54) is 38.5 Å². The summed E-state index contributed by atoms with van der Waals surface area (Å²) in [4.78, 5) is 24.3. The number of piperidine rings is 1. The van der Waals surface area contributed by atoms with Crippen LogP contribution in [0.1, 0.15) is 44.9 Å².